The van der Waals surface area contributed by atoms with Crippen molar-refractivity contribution in [1.82, 2.24) is 19.7 Å². The van der Waals surface area contributed by atoms with Crippen LogP contribution in [0.5, 0.6) is 0 Å². The molecule has 0 amide bonds. The number of nitrogens with one attached hydrogen (secondary N) is 1. The molecule has 5 aromatic rings. The van der Waals surface area contributed by atoms with Crippen LogP contribution in [0.25, 0.3) is 34.0 Å². The molecule has 0 aliphatic heterocycles. The fraction of sp³-hybridized carbons (Fsp3) is 0.0385. The van der Waals surface area contributed by atoms with Crippen LogP contribution in [-0.2, 0) is 10.0 Å². The van der Waals surface area contributed by atoms with E-state index < -0.39 is 38.1 Å². The second-order valence-electron chi connectivity index (χ2n) is 8.06. The zero-order chi connectivity index (χ0) is 27.7. The number of nitrogens with zero attached hydrogens (tertiary/aromatic N) is 4. The van der Waals surface area contributed by atoms with Gasteiger partial charge in [0.2, 0.25) is 0 Å². The highest BCUT2D eigenvalue weighted by atomic mass is 32.2. The first-order chi connectivity index (χ1) is 18.7. The van der Waals surface area contributed by atoms with Crippen LogP contribution < -0.4 is 4.72 Å². The van der Waals surface area contributed by atoms with Gasteiger partial charge in [0.15, 0.2) is 21.7 Å². The fourth-order valence-corrected chi connectivity index (χ4v) is 5.46. The van der Waals surface area contributed by atoms with Crippen molar-refractivity contribution in [3.8, 4) is 34.0 Å². The monoisotopic (exact) mass is 569 g/mol. The lowest BCUT2D eigenvalue weighted by atomic mass is 10.1. The highest BCUT2D eigenvalue weighted by Gasteiger charge is 2.28. The van der Waals surface area contributed by atoms with Crippen molar-refractivity contribution in [2.24, 2.45) is 0 Å². The van der Waals surface area contributed by atoms with Crippen molar-refractivity contribution in [2.45, 2.75) is 10.1 Å². The number of hydrogen-bond acceptors (Lipinski definition) is 7. The van der Waals surface area contributed by atoms with E-state index >= 15 is 4.39 Å². The molecule has 0 bridgehead atoms. The minimum atomic E-state index is -4.85. The maximum Gasteiger partial charge on any atom is 0.267 e. The van der Waals surface area contributed by atoms with Crippen molar-refractivity contribution in [3.63, 3.8) is 0 Å². The maximum absolute atomic E-state index is 15.9. The van der Waals surface area contributed by atoms with Crippen LogP contribution in [0.4, 0.5) is 18.9 Å². The van der Waals surface area contributed by atoms with Gasteiger partial charge >= 0.3 is 0 Å². The second-order valence-corrected chi connectivity index (χ2v) is 10.5. The predicted molar refractivity (Wildman–Crippen MR) is 140 cm³/mol. The Morgan fingerprint density at radius 3 is 2.28 bits per heavy atom. The quantitative estimate of drug-likeness (QED) is 0.144. The van der Waals surface area contributed by atoms with E-state index in [0.717, 1.165) is 29.0 Å². The lowest BCUT2D eigenvalue weighted by molar-refractivity contribution is 0.195. The van der Waals surface area contributed by atoms with Crippen LogP contribution in [0.1, 0.15) is 0 Å². The first kappa shape index (κ1) is 26.3. The summed E-state index contributed by atoms with van der Waals surface area (Å²) in [4.78, 5) is 11.8. The van der Waals surface area contributed by atoms with Gasteiger partial charge < -0.3 is 5.21 Å². The lowest BCUT2D eigenvalue weighted by Gasteiger charge is -2.12. The standard InChI is InChI=1S/C26H18F3N5O3S2/c1-38-26-30-14-13-20(31-26)23-22(32-25(34(23)35)15-7-3-2-4-8-15)16-9-5-12-19(21(16)29)33-39(36,37)24-17(27)10-6-11-18(24)28/h2-14,33,35H,1H3. The van der Waals surface area contributed by atoms with Gasteiger partial charge in [0.1, 0.15) is 23.0 Å². The summed E-state index contributed by atoms with van der Waals surface area (Å²) in [5.74, 6) is -3.68. The number of benzene rings is 3. The summed E-state index contributed by atoms with van der Waals surface area (Å²) in [6.07, 6.45) is 3.23. The Balaban J connectivity index is 1.68. The van der Waals surface area contributed by atoms with Gasteiger partial charge in [-0.1, -0.05) is 54.2 Å². The van der Waals surface area contributed by atoms with E-state index in [4.69, 9.17) is 0 Å². The number of sulfonamides is 1. The minimum absolute atomic E-state index is 0.0191. The average Bonchev–Trinajstić information content (AvgIpc) is 3.26. The van der Waals surface area contributed by atoms with Crippen LogP contribution >= 0.6 is 11.8 Å². The van der Waals surface area contributed by atoms with Gasteiger partial charge in [-0.25, -0.2) is 36.5 Å². The van der Waals surface area contributed by atoms with Gasteiger partial charge in [0.05, 0.1) is 11.4 Å². The third kappa shape index (κ3) is 4.93. The number of imidazole rings is 1. The molecule has 0 unspecified atom stereocenters. The number of thioether (sulfide) groups is 1. The van der Waals surface area contributed by atoms with Crippen LogP contribution in [0, 0.1) is 17.5 Å². The van der Waals surface area contributed by atoms with Crippen LogP contribution in [-0.4, -0.2) is 39.6 Å². The first-order valence-corrected chi connectivity index (χ1v) is 13.9. The average molecular weight is 570 g/mol. The number of halogens is 3. The molecular weight excluding hydrogens is 551 g/mol. The maximum atomic E-state index is 15.9. The molecule has 3 aromatic carbocycles. The number of aromatic nitrogens is 4. The Morgan fingerprint density at radius 2 is 1.59 bits per heavy atom. The molecule has 0 fully saturated rings. The smallest absolute Gasteiger partial charge is 0.267 e. The molecule has 5 rings (SSSR count). The van der Waals surface area contributed by atoms with Gasteiger partial charge in [-0.2, -0.15) is 4.73 Å². The summed E-state index contributed by atoms with van der Waals surface area (Å²) in [7, 11) is -4.85. The Morgan fingerprint density at radius 1 is 0.897 bits per heavy atom. The molecule has 2 aromatic heterocycles. The lowest BCUT2D eigenvalue weighted by Crippen LogP contribution is -2.17. The summed E-state index contributed by atoms with van der Waals surface area (Å²) in [5, 5.41) is 11.6. The Hall–Kier alpha value is -4.36. The SMILES string of the molecule is CSc1nccc(-c2c(-c3cccc(NS(=O)(=O)c4c(F)cccc4F)c3F)nc(-c3ccccc3)n2O)n1. The summed E-state index contributed by atoms with van der Waals surface area (Å²) >= 11 is 1.25. The van der Waals surface area contributed by atoms with E-state index in [1.165, 1.54) is 36.2 Å². The second kappa shape index (κ2) is 10.4. The molecule has 0 saturated carbocycles. The molecule has 0 saturated heterocycles. The Labute approximate surface area is 225 Å². The zero-order valence-electron chi connectivity index (χ0n) is 20.0. The summed E-state index contributed by atoms with van der Waals surface area (Å²) < 4.78 is 72.6. The molecule has 0 spiro atoms. The van der Waals surface area contributed by atoms with Crippen molar-refractivity contribution < 1.29 is 26.8 Å². The van der Waals surface area contributed by atoms with E-state index in [0.29, 0.717) is 10.7 Å². The molecule has 2 heterocycles. The fourth-order valence-electron chi connectivity index (χ4n) is 3.90. The van der Waals surface area contributed by atoms with E-state index in [1.807, 2.05) is 4.72 Å². The van der Waals surface area contributed by atoms with Crippen molar-refractivity contribution >= 4 is 27.5 Å². The largest absolute Gasteiger partial charge is 0.426 e. The highest BCUT2D eigenvalue weighted by Crippen LogP contribution is 2.38. The summed E-state index contributed by atoms with van der Waals surface area (Å²) in [6, 6.07) is 16.5. The van der Waals surface area contributed by atoms with Crippen LogP contribution in [0.3, 0.4) is 0 Å². The Kier molecular flexibility index (Phi) is 7.02. The normalized spacial score (nSPS) is 11.5. The molecule has 0 atom stereocenters. The van der Waals surface area contributed by atoms with E-state index in [9.17, 15) is 22.4 Å². The first-order valence-electron chi connectivity index (χ1n) is 11.2. The number of rotatable bonds is 7. The predicted octanol–water partition coefficient (Wildman–Crippen LogP) is 5.85. The molecule has 39 heavy (non-hydrogen) atoms. The van der Waals surface area contributed by atoms with Gasteiger partial charge in [0, 0.05) is 17.3 Å². The molecule has 0 radical (unpaired) electrons. The van der Waals surface area contributed by atoms with Gasteiger partial charge in [0.25, 0.3) is 10.0 Å². The summed E-state index contributed by atoms with van der Waals surface area (Å²) in [5.41, 5.74) is -0.0848. The number of anilines is 1. The van der Waals surface area contributed by atoms with E-state index in [-0.39, 0.29) is 28.5 Å². The molecule has 0 aliphatic rings. The van der Waals surface area contributed by atoms with Crippen LogP contribution in [0.15, 0.2) is 89.0 Å². The van der Waals surface area contributed by atoms with Gasteiger partial charge in [-0.3, -0.25) is 4.72 Å². The molecule has 13 heteroatoms. The van der Waals surface area contributed by atoms with Crippen molar-refractivity contribution in [1.29, 1.82) is 0 Å². The molecule has 2 N–H and O–H groups in total. The van der Waals surface area contributed by atoms with Crippen molar-refractivity contribution in [3.05, 3.63) is 96.4 Å². The van der Waals surface area contributed by atoms with Gasteiger partial charge in [-0.15, -0.1) is 0 Å². The van der Waals surface area contributed by atoms with Crippen molar-refractivity contribution in [2.75, 3.05) is 11.0 Å². The summed E-state index contributed by atoms with van der Waals surface area (Å²) in [6.45, 7) is 0. The Bertz CT molecular complexity index is 1780. The molecule has 8 nitrogen and oxygen atoms in total. The topological polar surface area (TPSA) is 110 Å². The van der Waals surface area contributed by atoms with Gasteiger partial charge in [-0.05, 0) is 36.6 Å². The van der Waals surface area contributed by atoms with Crippen LogP contribution in [0.2, 0.25) is 0 Å². The minimum Gasteiger partial charge on any atom is -0.426 e. The molecule has 0 aliphatic carbocycles. The third-order valence-corrected chi connectivity index (χ3v) is 7.61. The molecule has 198 valence electrons. The van der Waals surface area contributed by atoms with E-state index in [2.05, 4.69) is 15.0 Å². The van der Waals surface area contributed by atoms with E-state index in [1.54, 1.807) is 36.6 Å². The third-order valence-electron chi connectivity index (χ3n) is 5.63. The zero-order valence-corrected chi connectivity index (χ0v) is 21.6. The number of hydrogen-bond donors (Lipinski definition) is 2. The molecular formula is C26H18F3N5O3S2. The highest BCUT2D eigenvalue weighted by molar-refractivity contribution is 7.98.